The Morgan fingerprint density at radius 2 is 2.24 bits per heavy atom. The van der Waals surface area contributed by atoms with E-state index in [1.807, 2.05) is 18.2 Å². The van der Waals surface area contributed by atoms with Gasteiger partial charge in [-0.25, -0.2) is 4.98 Å². The zero-order chi connectivity index (χ0) is 12.1. The number of hydrogen-bond donors (Lipinski definition) is 1. The van der Waals surface area contributed by atoms with Crippen molar-refractivity contribution in [2.75, 3.05) is 7.11 Å². The van der Waals surface area contributed by atoms with Crippen LogP contribution in [-0.4, -0.2) is 23.5 Å². The molecule has 1 N–H and O–H groups in total. The minimum atomic E-state index is 0.259. The highest BCUT2D eigenvalue weighted by Crippen LogP contribution is 2.23. The topological polar surface area (TPSA) is 34.1 Å². The van der Waals surface area contributed by atoms with E-state index < -0.39 is 0 Å². The van der Waals surface area contributed by atoms with Gasteiger partial charge in [-0.2, -0.15) is 0 Å². The Kier molecular flexibility index (Phi) is 4.63. The lowest BCUT2D eigenvalue weighted by atomic mass is 9.95. The number of methoxy groups -OCH3 is 1. The third kappa shape index (κ3) is 3.58. The van der Waals surface area contributed by atoms with Gasteiger partial charge in [0.05, 0.1) is 12.8 Å². The van der Waals surface area contributed by atoms with Crippen LogP contribution in [-0.2, 0) is 6.54 Å². The molecule has 1 aliphatic carbocycles. The molecule has 94 valence electrons. The van der Waals surface area contributed by atoms with Crippen molar-refractivity contribution >= 4 is 11.6 Å². The van der Waals surface area contributed by atoms with Crippen molar-refractivity contribution in [1.29, 1.82) is 0 Å². The van der Waals surface area contributed by atoms with Crippen LogP contribution in [0.25, 0.3) is 0 Å². The molecule has 1 saturated carbocycles. The van der Waals surface area contributed by atoms with E-state index in [1.54, 1.807) is 7.11 Å². The van der Waals surface area contributed by atoms with Crippen molar-refractivity contribution in [2.45, 2.75) is 43.6 Å². The Bertz CT molecular complexity index is 359. The lowest BCUT2D eigenvalue weighted by Crippen LogP contribution is -2.39. The lowest BCUT2D eigenvalue weighted by molar-refractivity contribution is 0.372. The molecule has 2 rings (SSSR count). The summed E-state index contributed by atoms with van der Waals surface area (Å²) in [7, 11) is 1.63. The van der Waals surface area contributed by atoms with Gasteiger partial charge in [-0.3, -0.25) is 0 Å². The maximum absolute atomic E-state index is 6.30. The van der Waals surface area contributed by atoms with Crippen LogP contribution in [0.3, 0.4) is 0 Å². The largest absolute Gasteiger partial charge is 0.481 e. The molecule has 3 nitrogen and oxygen atoms in total. The normalized spacial score (nSPS) is 24.6. The van der Waals surface area contributed by atoms with E-state index in [0.29, 0.717) is 11.9 Å². The van der Waals surface area contributed by atoms with Crippen LogP contribution in [0, 0.1) is 0 Å². The molecule has 4 heteroatoms. The van der Waals surface area contributed by atoms with Crippen LogP contribution in [0.1, 0.15) is 31.4 Å². The number of ether oxygens (including phenoxy) is 1. The lowest BCUT2D eigenvalue weighted by Gasteiger charge is -2.27. The molecule has 1 aliphatic rings. The zero-order valence-electron chi connectivity index (χ0n) is 10.2. The van der Waals surface area contributed by atoms with Gasteiger partial charge in [0, 0.05) is 24.0 Å². The highest BCUT2D eigenvalue weighted by atomic mass is 35.5. The molecular weight excluding hydrogens is 236 g/mol. The molecule has 0 bridgehead atoms. The fraction of sp³-hybridized carbons (Fsp3) is 0.615. The molecule has 2 atom stereocenters. The average Bonchev–Trinajstić information content (AvgIpc) is 2.38. The second kappa shape index (κ2) is 6.22. The van der Waals surface area contributed by atoms with E-state index in [9.17, 15) is 0 Å². The highest BCUT2D eigenvalue weighted by molar-refractivity contribution is 6.21. The van der Waals surface area contributed by atoms with Gasteiger partial charge >= 0.3 is 0 Å². The molecule has 1 aromatic rings. The van der Waals surface area contributed by atoms with E-state index >= 15 is 0 Å². The SMILES string of the molecule is COc1cccc(CNC2CCCCC2Cl)n1. The monoisotopic (exact) mass is 254 g/mol. The van der Waals surface area contributed by atoms with Crippen LogP contribution in [0.2, 0.25) is 0 Å². The predicted octanol–water partition coefficient (Wildman–Crippen LogP) is 2.73. The molecular formula is C13H19ClN2O. The number of rotatable bonds is 4. The fourth-order valence-electron chi connectivity index (χ4n) is 2.22. The summed E-state index contributed by atoms with van der Waals surface area (Å²) < 4.78 is 5.10. The summed E-state index contributed by atoms with van der Waals surface area (Å²) in [6.07, 6.45) is 4.80. The molecule has 2 unspecified atom stereocenters. The molecule has 1 heterocycles. The van der Waals surface area contributed by atoms with Gasteiger partial charge < -0.3 is 10.1 Å². The first kappa shape index (κ1) is 12.7. The van der Waals surface area contributed by atoms with E-state index in [4.69, 9.17) is 16.3 Å². The van der Waals surface area contributed by atoms with Gasteiger partial charge in [-0.15, -0.1) is 11.6 Å². The summed E-state index contributed by atoms with van der Waals surface area (Å²) in [5.74, 6) is 0.662. The summed E-state index contributed by atoms with van der Waals surface area (Å²) in [6, 6.07) is 6.23. The smallest absolute Gasteiger partial charge is 0.213 e. The van der Waals surface area contributed by atoms with Gasteiger partial charge in [0.15, 0.2) is 0 Å². The van der Waals surface area contributed by atoms with Crippen LogP contribution in [0.5, 0.6) is 5.88 Å². The number of hydrogen-bond acceptors (Lipinski definition) is 3. The molecule has 0 aromatic carbocycles. The number of alkyl halides is 1. The van der Waals surface area contributed by atoms with E-state index in [0.717, 1.165) is 25.1 Å². The Morgan fingerprint density at radius 3 is 3.00 bits per heavy atom. The Morgan fingerprint density at radius 1 is 1.41 bits per heavy atom. The Balaban J connectivity index is 1.88. The van der Waals surface area contributed by atoms with Crippen LogP contribution >= 0.6 is 11.6 Å². The van der Waals surface area contributed by atoms with Gasteiger partial charge in [0.2, 0.25) is 5.88 Å². The zero-order valence-corrected chi connectivity index (χ0v) is 10.9. The van der Waals surface area contributed by atoms with Gasteiger partial charge in [0.1, 0.15) is 0 Å². The third-order valence-electron chi connectivity index (χ3n) is 3.22. The van der Waals surface area contributed by atoms with Crippen molar-refractivity contribution in [3.05, 3.63) is 23.9 Å². The van der Waals surface area contributed by atoms with Gasteiger partial charge in [-0.05, 0) is 18.9 Å². The summed E-state index contributed by atoms with van der Waals surface area (Å²) in [5.41, 5.74) is 0.999. The van der Waals surface area contributed by atoms with Gasteiger partial charge in [0.25, 0.3) is 0 Å². The highest BCUT2D eigenvalue weighted by Gasteiger charge is 2.22. The van der Waals surface area contributed by atoms with Crippen molar-refractivity contribution in [3.63, 3.8) is 0 Å². The predicted molar refractivity (Wildman–Crippen MR) is 69.5 cm³/mol. The molecule has 17 heavy (non-hydrogen) atoms. The molecule has 0 radical (unpaired) electrons. The summed E-state index contributed by atoms with van der Waals surface area (Å²) in [5, 5.41) is 3.75. The molecule has 0 spiro atoms. The van der Waals surface area contributed by atoms with Crippen LogP contribution < -0.4 is 10.1 Å². The summed E-state index contributed by atoms with van der Waals surface area (Å²) in [4.78, 5) is 4.37. The second-order valence-electron chi connectivity index (χ2n) is 4.46. The van der Waals surface area contributed by atoms with Crippen molar-refractivity contribution < 1.29 is 4.74 Å². The van der Waals surface area contributed by atoms with Crippen LogP contribution in [0.15, 0.2) is 18.2 Å². The number of nitrogens with one attached hydrogen (secondary N) is 1. The molecule has 0 saturated heterocycles. The van der Waals surface area contributed by atoms with Crippen molar-refractivity contribution in [2.24, 2.45) is 0 Å². The first-order chi connectivity index (χ1) is 8.29. The maximum atomic E-state index is 6.30. The quantitative estimate of drug-likeness (QED) is 0.839. The van der Waals surface area contributed by atoms with Crippen LogP contribution in [0.4, 0.5) is 0 Å². The molecule has 1 aromatic heterocycles. The maximum Gasteiger partial charge on any atom is 0.213 e. The first-order valence-corrected chi connectivity index (χ1v) is 6.60. The average molecular weight is 255 g/mol. The minimum absolute atomic E-state index is 0.259. The Labute approximate surface area is 108 Å². The first-order valence-electron chi connectivity index (χ1n) is 6.17. The summed E-state index contributed by atoms with van der Waals surface area (Å²) >= 11 is 6.30. The third-order valence-corrected chi connectivity index (χ3v) is 3.74. The number of pyridine rings is 1. The number of halogens is 1. The minimum Gasteiger partial charge on any atom is -0.481 e. The van der Waals surface area contributed by atoms with Crippen molar-refractivity contribution in [1.82, 2.24) is 10.3 Å². The molecule has 1 fully saturated rings. The fourth-order valence-corrected chi connectivity index (χ4v) is 2.59. The number of aromatic nitrogens is 1. The molecule has 0 amide bonds. The number of nitrogens with zero attached hydrogens (tertiary/aromatic N) is 1. The van der Waals surface area contributed by atoms with E-state index in [1.165, 1.54) is 12.8 Å². The second-order valence-corrected chi connectivity index (χ2v) is 5.02. The molecule has 0 aliphatic heterocycles. The standard InChI is InChI=1S/C13H19ClN2O/c1-17-13-8-4-5-10(16-13)9-15-12-7-3-2-6-11(12)14/h4-5,8,11-12,15H,2-3,6-7,9H2,1H3. The van der Waals surface area contributed by atoms with E-state index in [2.05, 4.69) is 10.3 Å². The summed E-state index contributed by atoms with van der Waals surface area (Å²) in [6.45, 7) is 0.755. The van der Waals surface area contributed by atoms with Gasteiger partial charge in [-0.1, -0.05) is 18.9 Å². The Hall–Kier alpha value is -0.800. The van der Waals surface area contributed by atoms with Crippen molar-refractivity contribution in [3.8, 4) is 5.88 Å². The van der Waals surface area contributed by atoms with E-state index in [-0.39, 0.29) is 5.38 Å².